The van der Waals surface area contributed by atoms with Crippen LogP contribution in [0.3, 0.4) is 0 Å². The highest BCUT2D eigenvalue weighted by atomic mass is 32.2. The van der Waals surface area contributed by atoms with Crippen molar-refractivity contribution in [2.24, 2.45) is 10.3 Å². The molecular weight excluding hydrogens is 489 g/mol. The van der Waals surface area contributed by atoms with Gasteiger partial charge in [0.1, 0.15) is 21.8 Å². The number of aromatic nitrogens is 2. The number of aryl methyl sites for hydroxylation is 1. The largest absolute Gasteiger partial charge is 0.505 e. The Bertz CT molecular complexity index is 1620. The number of halogens is 1. The molecule has 0 atom stereocenters. The van der Waals surface area contributed by atoms with E-state index in [1.165, 1.54) is 21.3 Å². The summed E-state index contributed by atoms with van der Waals surface area (Å²) in [6.45, 7) is 4.08. The lowest BCUT2D eigenvalue weighted by molar-refractivity contribution is 0.436. The van der Waals surface area contributed by atoms with Crippen molar-refractivity contribution in [3.05, 3.63) is 52.2 Å². The van der Waals surface area contributed by atoms with Gasteiger partial charge in [-0.2, -0.15) is 8.42 Å². The van der Waals surface area contributed by atoms with Gasteiger partial charge in [-0.3, -0.25) is 14.0 Å². The Morgan fingerprint density at radius 3 is 2.62 bits per heavy atom. The third-order valence-electron chi connectivity index (χ3n) is 5.14. The van der Waals surface area contributed by atoms with Crippen LogP contribution in [-0.4, -0.2) is 43.2 Å². The van der Waals surface area contributed by atoms with Crippen LogP contribution in [0.25, 0.3) is 5.52 Å². The summed E-state index contributed by atoms with van der Waals surface area (Å²) in [6.07, 6.45) is 2.54. The molecule has 14 heteroatoms. The van der Waals surface area contributed by atoms with Gasteiger partial charge in [0.05, 0.1) is 18.1 Å². The number of nitrogens with one attached hydrogen (secondary N) is 2. The molecule has 3 N–H and O–H groups in total. The van der Waals surface area contributed by atoms with Gasteiger partial charge in [-0.05, 0) is 30.5 Å². The number of aromatic hydroxyl groups is 1. The van der Waals surface area contributed by atoms with Crippen molar-refractivity contribution in [3.8, 4) is 5.75 Å². The first-order chi connectivity index (χ1) is 15.8. The maximum atomic E-state index is 14.0. The normalized spacial score (nSPS) is 15.1. The number of hydrogen-bond donors (Lipinski definition) is 3. The summed E-state index contributed by atoms with van der Waals surface area (Å²) in [5.74, 6) is -1.53. The van der Waals surface area contributed by atoms with Crippen LogP contribution in [0.5, 0.6) is 5.75 Å². The Morgan fingerprint density at radius 2 is 1.97 bits per heavy atom. The van der Waals surface area contributed by atoms with Crippen LogP contribution in [0.15, 0.2) is 44.6 Å². The third kappa shape index (κ3) is 4.37. The summed E-state index contributed by atoms with van der Waals surface area (Å²) >= 11 is 0. The van der Waals surface area contributed by atoms with Gasteiger partial charge in [-0.1, -0.05) is 13.8 Å². The molecule has 3 heterocycles. The van der Waals surface area contributed by atoms with Gasteiger partial charge in [0.2, 0.25) is 10.0 Å². The highest BCUT2D eigenvalue weighted by Crippen LogP contribution is 2.33. The van der Waals surface area contributed by atoms with Gasteiger partial charge < -0.3 is 10.4 Å². The number of rotatable bonds is 6. The zero-order chi connectivity index (χ0) is 25.0. The van der Waals surface area contributed by atoms with Crippen LogP contribution >= 0.6 is 0 Å². The Kier molecular flexibility index (Phi) is 5.68. The zero-order valence-corrected chi connectivity index (χ0v) is 20.0. The third-order valence-corrected chi connectivity index (χ3v) is 7.06. The molecule has 0 amide bonds. The second-order valence-electron chi connectivity index (χ2n) is 8.35. The molecule has 0 saturated carbocycles. The maximum absolute atomic E-state index is 14.0. The van der Waals surface area contributed by atoms with Crippen LogP contribution in [0.2, 0.25) is 0 Å². The number of hydrogen-bond acceptors (Lipinski definition) is 7. The molecule has 0 spiro atoms. The summed E-state index contributed by atoms with van der Waals surface area (Å²) in [5, 5.41) is 13.5. The minimum absolute atomic E-state index is 0.00856. The van der Waals surface area contributed by atoms with E-state index in [0.717, 1.165) is 24.6 Å². The number of nitrogens with zero attached hydrogens (tertiary/aromatic N) is 3. The predicted molar refractivity (Wildman–Crippen MR) is 125 cm³/mol. The van der Waals surface area contributed by atoms with E-state index in [1.54, 1.807) is 0 Å². The maximum Gasteiger partial charge on any atom is 0.286 e. The molecule has 0 saturated heterocycles. The SMILES string of the molecule is CC(C)CCn1c(=O)c(C2=NS(=O)(=O)c3cc(NS(C)(=O)=O)ccc3N2)c(O)c2cc(F)cn21. The topological polar surface area (TPSA) is 151 Å². The molecule has 0 bridgehead atoms. The Labute approximate surface area is 194 Å². The minimum Gasteiger partial charge on any atom is -0.505 e. The van der Waals surface area contributed by atoms with Crippen molar-refractivity contribution in [2.75, 3.05) is 16.3 Å². The minimum atomic E-state index is -4.39. The fourth-order valence-corrected chi connectivity index (χ4v) is 5.30. The van der Waals surface area contributed by atoms with Crippen molar-refractivity contribution >= 4 is 42.8 Å². The molecule has 182 valence electrons. The molecule has 34 heavy (non-hydrogen) atoms. The van der Waals surface area contributed by atoms with Crippen LogP contribution in [0.1, 0.15) is 25.8 Å². The summed E-state index contributed by atoms with van der Waals surface area (Å²) in [7, 11) is -8.04. The molecule has 3 aromatic rings. The lowest BCUT2D eigenvalue weighted by Crippen LogP contribution is -2.35. The zero-order valence-electron chi connectivity index (χ0n) is 18.4. The average Bonchev–Trinajstić information content (AvgIpc) is 3.08. The van der Waals surface area contributed by atoms with E-state index >= 15 is 0 Å². The summed E-state index contributed by atoms with van der Waals surface area (Å²) < 4.78 is 71.0. The van der Waals surface area contributed by atoms with Crippen molar-refractivity contribution in [2.45, 2.75) is 31.7 Å². The van der Waals surface area contributed by atoms with Crippen LogP contribution in [0.4, 0.5) is 15.8 Å². The molecule has 1 aromatic carbocycles. The molecule has 2 aromatic heterocycles. The molecule has 0 radical (unpaired) electrons. The van der Waals surface area contributed by atoms with E-state index < -0.39 is 48.6 Å². The Hall–Kier alpha value is -3.39. The molecular formula is C20H22FN5O6S2. The highest BCUT2D eigenvalue weighted by molar-refractivity contribution is 7.92. The van der Waals surface area contributed by atoms with Crippen LogP contribution in [-0.2, 0) is 26.6 Å². The second kappa shape index (κ2) is 8.13. The molecule has 11 nitrogen and oxygen atoms in total. The smallest absolute Gasteiger partial charge is 0.286 e. The summed E-state index contributed by atoms with van der Waals surface area (Å²) in [5.41, 5.74) is -1.19. The lowest BCUT2D eigenvalue weighted by Gasteiger charge is -2.21. The standard InChI is InChI=1S/C20H22FN5O6S2/c1-11(2)6-7-25-20(28)17(18(27)15-8-12(21)10-26(15)25)19-22-14-5-4-13(23-33(3,29)30)9-16(14)34(31,32)24-19/h4-5,8-11,23,27H,6-7H2,1-3H3,(H,22,24). The lowest BCUT2D eigenvalue weighted by atomic mass is 10.1. The Morgan fingerprint density at radius 1 is 1.26 bits per heavy atom. The van der Waals surface area contributed by atoms with Gasteiger partial charge in [-0.15, -0.1) is 4.40 Å². The van der Waals surface area contributed by atoms with E-state index in [-0.39, 0.29) is 34.2 Å². The Balaban J connectivity index is 1.89. The van der Waals surface area contributed by atoms with E-state index in [4.69, 9.17) is 0 Å². The van der Waals surface area contributed by atoms with E-state index in [0.29, 0.717) is 6.42 Å². The summed E-state index contributed by atoms with van der Waals surface area (Å²) in [4.78, 5) is 13.0. The van der Waals surface area contributed by atoms with Crippen molar-refractivity contribution in [3.63, 3.8) is 0 Å². The van der Waals surface area contributed by atoms with E-state index in [2.05, 4.69) is 14.4 Å². The quantitative estimate of drug-likeness (QED) is 0.457. The monoisotopic (exact) mass is 511 g/mol. The van der Waals surface area contributed by atoms with E-state index in [9.17, 15) is 31.1 Å². The van der Waals surface area contributed by atoms with Gasteiger partial charge >= 0.3 is 0 Å². The highest BCUT2D eigenvalue weighted by Gasteiger charge is 2.31. The van der Waals surface area contributed by atoms with Crippen molar-refractivity contribution in [1.29, 1.82) is 0 Å². The first kappa shape index (κ1) is 23.8. The van der Waals surface area contributed by atoms with Gasteiger partial charge in [-0.25, -0.2) is 17.5 Å². The van der Waals surface area contributed by atoms with Gasteiger partial charge in [0, 0.05) is 18.3 Å². The number of fused-ring (bicyclic) bond motifs is 2. The van der Waals surface area contributed by atoms with Gasteiger partial charge in [0.15, 0.2) is 11.6 Å². The first-order valence-electron chi connectivity index (χ1n) is 10.1. The molecule has 0 aliphatic carbocycles. The van der Waals surface area contributed by atoms with Crippen molar-refractivity contribution in [1.82, 2.24) is 9.20 Å². The predicted octanol–water partition coefficient (Wildman–Crippen LogP) is 1.92. The van der Waals surface area contributed by atoms with Crippen LogP contribution in [0, 0.1) is 11.7 Å². The van der Waals surface area contributed by atoms with Gasteiger partial charge in [0.25, 0.3) is 15.6 Å². The molecule has 1 aliphatic heterocycles. The number of amidine groups is 1. The number of anilines is 2. The molecule has 0 unspecified atom stereocenters. The molecule has 0 fully saturated rings. The number of benzene rings is 1. The van der Waals surface area contributed by atoms with E-state index in [1.807, 2.05) is 13.8 Å². The van der Waals surface area contributed by atoms with Crippen LogP contribution < -0.4 is 15.6 Å². The molecule has 4 rings (SSSR count). The second-order valence-corrected chi connectivity index (χ2v) is 11.7. The fourth-order valence-electron chi connectivity index (χ4n) is 3.60. The number of sulfonamides is 2. The molecule has 1 aliphatic rings. The van der Waals surface area contributed by atoms with Crippen molar-refractivity contribution < 1.29 is 26.3 Å². The summed E-state index contributed by atoms with van der Waals surface area (Å²) in [6, 6.07) is 4.75. The average molecular weight is 512 g/mol. The first-order valence-corrected chi connectivity index (χ1v) is 13.5. The fraction of sp³-hybridized carbons (Fsp3) is 0.300.